The average Bonchev–Trinajstić information content (AvgIpc) is 3.76. The third kappa shape index (κ3) is 5.70. The first kappa shape index (κ1) is 25.5. The third-order valence-electron chi connectivity index (χ3n) is 7.54. The Morgan fingerprint density at radius 3 is 2.39 bits per heavy atom. The van der Waals surface area contributed by atoms with Gasteiger partial charge in [0, 0.05) is 57.5 Å². The number of aromatic nitrogens is 1. The van der Waals surface area contributed by atoms with Gasteiger partial charge in [0.2, 0.25) is 5.91 Å². The number of rotatable bonds is 7. The Balaban J connectivity index is 1.37. The summed E-state index contributed by atoms with van der Waals surface area (Å²) in [6.45, 7) is 6.89. The number of hydrogen-bond acceptors (Lipinski definition) is 7. The van der Waals surface area contributed by atoms with E-state index in [0.717, 1.165) is 69.0 Å². The fraction of sp³-hybridized carbons (Fsp3) is 0.720. The van der Waals surface area contributed by atoms with E-state index in [-0.39, 0.29) is 18.5 Å². The molecule has 196 valence electrons. The minimum Gasteiger partial charge on any atom is -0.367 e. The Hall–Kier alpha value is -2.19. The Kier molecular flexibility index (Phi) is 7.27. The Labute approximate surface area is 214 Å². The third-order valence-corrected chi connectivity index (χ3v) is 8.53. The predicted molar refractivity (Wildman–Crippen MR) is 134 cm³/mol. The number of nitriles is 1. The van der Waals surface area contributed by atoms with E-state index in [0.29, 0.717) is 30.4 Å². The van der Waals surface area contributed by atoms with E-state index in [1.165, 1.54) is 4.90 Å². The topological polar surface area (TPSA) is 66.7 Å². The maximum atomic E-state index is 12.9. The Morgan fingerprint density at radius 1 is 1.11 bits per heavy atom. The number of hydrogen-bond donors (Lipinski definition) is 0. The number of halogens is 3. The first-order valence-corrected chi connectivity index (χ1v) is 13.9. The summed E-state index contributed by atoms with van der Waals surface area (Å²) in [5.41, 5.74) is 2.60. The van der Waals surface area contributed by atoms with E-state index in [9.17, 15) is 23.2 Å². The van der Waals surface area contributed by atoms with Crippen LogP contribution in [0, 0.1) is 17.2 Å². The van der Waals surface area contributed by atoms with Crippen molar-refractivity contribution < 1.29 is 18.0 Å². The molecule has 3 heterocycles. The molecule has 1 atom stereocenters. The Morgan fingerprint density at radius 2 is 1.81 bits per heavy atom. The summed E-state index contributed by atoms with van der Waals surface area (Å²) >= 11 is 1.86. The van der Waals surface area contributed by atoms with E-state index in [1.54, 1.807) is 0 Å². The van der Waals surface area contributed by atoms with Crippen LogP contribution in [-0.4, -0.2) is 83.9 Å². The molecule has 2 aliphatic carbocycles. The van der Waals surface area contributed by atoms with Crippen LogP contribution in [-0.2, 0) is 4.79 Å². The summed E-state index contributed by atoms with van der Waals surface area (Å²) in [4.78, 5) is 23.3. The van der Waals surface area contributed by atoms with Gasteiger partial charge < -0.3 is 14.7 Å². The highest BCUT2D eigenvalue weighted by atomic mass is 32.2. The minimum atomic E-state index is -4.51. The van der Waals surface area contributed by atoms with Crippen molar-refractivity contribution in [2.24, 2.45) is 5.92 Å². The second kappa shape index (κ2) is 10.3. The molecule has 1 aromatic heterocycles. The lowest BCUT2D eigenvalue weighted by Crippen LogP contribution is -2.57. The van der Waals surface area contributed by atoms with E-state index >= 15 is 0 Å². The number of piperazine rings is 2. The molecule has 0 N–H and O–H groups in total. The quantitative estimate of drug-likeness (QED) is 0.502. The fourth-order valence-electron chi connectivity index (χ4n) is 5.45. The van der Waals surface area contributed by atoms with Gasteiger partial charge in [-0.25, -0.2) is 9.29 Å². The number of amides is 1. The van der Waals surface area contributed by atoms with Crippen molar-refractivity contribution in [2.75, 3.05) is 61.4 Å². The van der Waals surface area contributed by atoms with Gasteiger partial charge in [-0.15, -0.1) is 0 Å². The van der Waals surface area contributed by atoms with Crippen LogP contribution in [0.5, 0.6) is 0 Å². The molecule has 4 fully saturated rings. The maximum Gasteiger partial charge on any atom is 0.397 e. The molecule has 1 unspecified atom stereocenters. The van der Waals surface area contributed by atoms with Gasteiger partial charge in [-0.05, 0) is 37.7 Å². The van der Waals surface area contributed by atoms with Crippen LogP contribution >= 0.6 is 11.9 Å². The van der Waals surface area contributed by atoms with Gasteiger partial charge in [-0.2, -0.15) is 18.4 Å². The zero-order valence-corrected chi connectivity index (χ0v) is 21.5. The van der Waals surface area contributed by atoms with Crippen LogP contribution in [0.25, 0.3) is 0 Å². The first-order chi connectivity index (χ1) is 17.3. The predicted octanol–water partition coefficient (Wildman–Crippen LogP) is 4.00. The van der Waals surface area contributed by atoms with Crippen molar-refractivity contribution in [3.05, 3.63) is 17.3 Å². The maximum absolute atomic E-state index is 12.9. The van der Waals surface area contributed by atoms with Gasteiger partial charge in [0.25, 0.3) is 0 Å². The molecule has 0 spiro atoms. The summed E-state index contributed by atoms with van der Waals surface area (Å²) in [7, 11) is 0. The lowest BCUT2D eigenvalue weighted by molar-refractivity contribution is -0.163. The molecule has 2 saturated carbocycles. The van der Waals surface area contributed by atoms with Crippen LogP contribution < -0.4 is 9.80 Å². The average molecular weight is 523 g/mol. The molecule has 0 radical (unpaired) electrons. The largest absolute Gasteiger partial charge is 0.397 e. The van der Waals surface area contributed by atoms with Crippen LogP contribution in [0.4, 0.5) is 24.7 Å². The second-order valence-corrected chi connectivity index (χ2v) is 11.6. The zero-order valence-electron chi connectivity index (χ0n) is 20.6. The molecule has 1 aromatic rings. The highest BCUT2D eigenvalue weighted by Crippen LogP contribution is 2.46. The minimum absolute atomic E-state index is 0.218. The molecule has 0 bridgehead atoms. The molecule has 36 heavy (non-hydrogen) atoms. The van der Waals surface area contributed by atoms with Gasteiger partial charge in [0.05, 0.1) is 23.0 Å². The van der Waals surface area contributed by atoms with Crippen molar-refractivity contribution in [2.45, 2.75) is 57.2 Å². The lowest BCUT2D eigenvalue weighted by atomic mass is 10.0. The molecule has 5 rings (SSSR count). The number of carbonyl (C=O) groups is 1. The zero-order chi connectivity index (χ0) is 25.4. The van der Waals surface area contributed by atoms with Crippen LogP contribution in [0.2, 0.25) is 0 Å². The smallest absolute Gasteiger partial charge is 0.367 e. The van der Waals surface area contributed by atoms with Gasteiger partial charge in [-0.3, -0.25) is 4.79 Å². The Bertz CT molecular complexity index is 1010. The molecule has 1 amide bonds. The summed E-state index contributed by atoms with van der Waals surface area (Å²) < 4.78 is 41.1. The van der Waals surface area contributed by atoms with Gasteiger partial charge in [-0.1, -0.05) is 18.9 Å². The van der Waals surface area contributed by atoms with E-state index in [2.05, 4.69) is 22.2 Å². The summed E-state index contributed by atoms with van der Waals surface area (Å²) in [5.74, 6) is 1.44. The summed E-state index contributed by atoms with van der Waals surface area (Å²) in [6, 6.07) is 4.05. The van der Waals surface area contributed by atoms with Crippen molar-refractivity contribution in [1.82, 2.24) is 14.2 Å². The molecule has 2 saturated heterocycles. The number of carbonyl (C=O) groups excluding carboxylic acids is 1. The number of anilines is 2. The molecular formula is C25H33F3N6OS. The summed E-state index contributed by atoms with van der Waals surface area (Å²) in [6.07, 6.45) is -1.92. The van der Waals surface area contributed by atoms with Crippen LogP contribution in [0.1, 0.15) is 56.2 Å². The van der Waals surface area contributed by atoms with Gasteiger partial charge >= 0.3 is 6.18 Å². The molecule has 2 aliphatic heterocycles. The van der Waals surface area contributed by atoms with Crippen molar-refractivity contribution in [1.29, 1.82) is 5.26 Å². The SMILES string of the molecule is CCSN1CCN(c2cc(C#N)c(N3CCN(C(=O)CC(F)(F)F)C(C4CC4)C3)nc2C2CC2)CC1. The highest BCUT2D eigenvalue weighted by molar-refractivity contribution is 7.96. The fourth-order valence-corrected chi connectivity index (χ4v) is 6.24. The molecule has 7 nitrogen and oxygen atoms in total. The molecule has 0 aromatic carbocycles. The molecule has 11 heteroatoms. The van der Waals surface area contributed by atoms with Gasteiger partial charge in [0.15, 0.2) is 0 Å². The van der Waals surface area contributed by atoms with E-state index in [4.69, 9.17) is 4.98 Å². The normalized spacial score (nSPS) is 23.6. The molecular weight excluding hydrogens is 489 g/mol. The van der Waals surface area contributed by atoms with Crippen LogP contribution in [0.3, 0.4) is 0 Å². The second-order valence-electron chi connectivity index (χ2n) is 10.2. The number of alkyl halides is 3. The van der Waals surface area contributed by atoms with Gasteiger partial charge in [0.1, 0.15) is 18.3 Å². The number of pyridine rings is 1. The van der Waals surface area contributed by atoms with Crippen molar-refractivity contribution in [3.63, 3.8) is 0 Å². The van der Waals surface area contributed by atoms with Crippen molar-refractivity contribution in [3.8, 4) is 6.07 Å². The van der Waals surface area contributed by atoms with E-state index in [1.807, 2.05) is 22.9 Å². The highest BCUT2D eigenvalue weighted by Gasteiger charge is 2.44. The van der Waals surface area contributed by atoms with E-state index < -0.39 is 18.5 Å². The monoisotopic (exact) mass is 522 g/mol. The first-order valence-electron chi connectivity index (χ1n) is 13.0. The van der Waals surface area contributed by atoms with Crippen LogP contribution in [0.15, 0.2) is 6.07 Å². The standard InChI is InChI=1S/C25H33F3N6OS/c1-2-36-33-10-7-31(8-11-33)20-13-19(15-29)24(30-23(20)18-5-6-18)32-9-12-34(21(16-32)17-3-4-17)22(35)14-25(26,27)28/h13,17-18,21H,2-12,14,16H2,1H3. The van der Waals surface area contributed by atoms with Crippen molar-refractivity contribution >= 4 is 29.4 Å². The number of nitrogens with zero attached hydrogens (tertiary/aromatic N) is 6. The summed E-state index contributed by atoms with van der Waals surface area (Å²) in [5, 5.41) is 10.0. The molecule has 4 aliphatic rings. The lowest BCUT2D eigenvalue weighted by Gasteiger charge is -2.43.